The molecule has 18 heavy (non-hydrogen) atoms. The van der Waals surface area contributed by atoms with Crippen molar-refractivity contribution < 1.29 is 9.90 Å². The first-order valence-electron chi connectivity index (χ1n) is 5.31. The van der Waals surface area contributed by atoms with E-state index < -0.39 is 5.97 Å². The van der Waals surface area contributed by atoms with Crippen molar-refractivity contribution in [2.75, 3.05) is 11.5 Å². The Morgan fingerprint density at radius 3 is 2.89 bits per heavy atom. The van der Waals surface area contributed by atoms with E-state index in [0.29, 0.717) is 10.8 Å². The second kappa shape index (κ2) is 5.09. The number of carboxylic acid groups (broad SMARTS) is 1. The molecule has 0 aliphatic heterocycles. The average Bonchev–Trinajstić information content (AvgIpc) is 2.68. The molecule has 2 aromatic rings. The maximum atomic E-state index is 11.2. The van der Waals surface area contributed by atoms with Gasteiger partial charge < -0.3 is 10.8 Å². The van der Waals surface area contributed by atoms with Gasteiger partial charge in [-0.1, -0.05) is 13.0 Å². The van der Waals surface area contributed by atoms with Crippen molar-refractivity contribution in [2.45, 2.75) is 11.9 Å². The summed E-state index contributed by atoms with van der Waals surface area (Å²) in [6.45, 7) is 1.92. The topological polar surface area (TPSA) is 94.0 Å². The van der Waals surface area contributed by atoms with Crippen LogP contribution in [0.15, 0.2) is 29.4 Å². The summed E-state index contributed by atoms with van der Waals surface area (Å²) in [6.07, 6.45) is 1.60. The molecule has 0 spiro atoms. The van der Waals surface area contributed by atoms with Crippen LogP contribution in [0.2, 0.25) is 0 Å². The van der Waals surface area contributed by atoms with Gasteiger partial charge in [0.25, 0.3) is 0 Å². The molecule has 94 valence electrons. The molecule has 6 nitrogen and oxygen atoms in total. The normalized spacial score (nSPS) is 10.5. The van der Waals surface area contributed by atoms with Crippen molar-refractivity contribution in [2.24, 2.45) is 0 Å². The maximum absolute atomic E-state index is 11.2. The third-order valence-electron chi connectivity index (χ3n) is 2.25. The lowest BCUT2D eigenvalue weighted by Crippen LogP contribution is -2.06. The molecule has 2 aromatic heterocycles. The quantitative estimate of drug-likeness (QED) is 0.816. The minimum atomic E-state index is -1.08. The van der Waals surface area contributed by atoms with Crippen LogP contribution in [0.25, 0.3) is 5.82 Å². The van der Waals surface area contributed by atoms with Gasteiger partial charge in [0.05, 0.1) is 0 Å². The number of anilines is 1. The van der Waals surface area contributed by atoms with Crippen molar-refractivity contribution in [3.8, 4) is 5.82 Å². The van der Waals surface area contributed by atoms with E-state index in [1.165, 1.54) is 16.4 Å². The minimum Gasteiger partial charge on any atom is -0.477 e. The molecule has 7 heteroatoms. The minimum absolute atomic E-state index is 0.0347. The van der Waals surface area contributed by atoms with E-state index in [4.69, 9.17) is 10.8 Å². The molecule has 3 N–H and O–H groups in total. The van der Waals surface area contributed by atoms with Gasteiger partial charge in [0.15, 0.2) is 5.82 Å². The zero-order chi connectivity index (χ0) is 13.1. The molecule has 0 fully saturated rings. The van der Waals surface area contributed by atoms with E-state index >= 15 is 0 Å². The molecule has 0 aromatic carbocycles. The lowest BCUT2D eigenvalue weighted by molar-refractivity contribution is 0.0694. The molecule has 0 saturated heterocycles. The summed E-state index contributed by atoms with van der Waals surface area (Å²) in [6, 6.07) is 5.27. The van der Waals surface area contributed by atoms with Crippen molar-refractivity contribution in [1.82, 2.24) is 14.8 Å². The van der Waals surface area contributed by atoms with E-state index in [-0.39, 0.29) is 11.4 Å². The molecule has 0 radical (unpaired) electrons. The Labute approximate surface area is 108 Å². The first-order chi connectivity index (χ1) is 8.65. The number of nitrogens with zero attached hydrogens (tertiary/aromatic N) is 3. The van der Waals surface area contributed by atoms with Crippen LogP contribution in [0.3, 0.4) is 0 Å². The van der Waals surface area contributed by atoms with Gasteiger partial charge in [0.1, 0.15) is 16.4 Å². The first kappa shape index (κ1) is 12.4. The predicted molar refractivity (Wildman–Crippen MR) is 69.1 cm³/mol. The highest BCUT2D eigenvalue weighted by Gasteiger charge is 2.22. The van der Waals surface area contributed by atoms with Gasteiger partial charge >= 0.3 is 5.97 Å². The number of hydrogen-bond acceptors (Lipinski definition) is 5. The summed E-state index contributed by atoms with van der Waals surface area (Å²) in [4.78, 5) is 15.3. The third-order valence-corrected chi connectivity index (χ3v) is 3.10. The van der Waals surface area contributed by atoms with Crippen molar-refractivity contribution in [1.29, 1.82) is 0 Å². The largest absolute Gasteiger partial charge is 0.477 e. The number of nitrogen functional groups attached to an aromatic ring is 1. The predicted octanol–water partition coefficient (Wildman–Crippen LogP) is 1.66. The standard InChI is InChI=1S/C11H12N4O2S/c1-2-18-10-8(11(16)17)9(12)15(14-10)7-5-3-4-6-13-7/h3-6H,2,12H2,1H3,(H,16,17). The van der Waals surface area contributed by atoms with Crippen LogP contribution in [0.4, 0.5) is 5.82 Å². The number of rotatable bonds is 4. The van der Waals surface area contributed by atoms with Crippen LogP contribution in [-0.2, 0) is 0 Å². The molecule has 0 atom stereocenters. The Bertz CT molecular complexity index is 568. The van der Waals surface area contributed by atoms with Crippen LogP contribution in [-0.4, -0.2) is 31.6 Å². The summed E-state index contributed by atoms with van der Waals surface area (Å²) in [5.74, 6) is 0.238. The zero-order valence-electron chi connectivity index (χ0n) is 9.70. The van der Waals surface area contributed by atoms with E-state index in [2.05, 4.69) is 10.1 Å². The van der Waals surface area contributed by atoms with Crippen molar-refractivity contribution >= 4 is 23.5 Å². The summed E-state index contributed by atoms with van der Waals surface area (Å²) < 4.78 is 1.35. The number of hydrogen-bond donors (Lipinski definition) is 2. The number of aromatic nitrogens is 3. The second-order valence-corrected chi connectivity index (χ2v) is 4.66. The third kappa shape index (κ3) is 2.17. The van der Waals surface area contributed by atoms with Crippen LogP contribution < -0.4 is 5.73 Å². The van der Waals surface area contributed by atoms with Gasteiger partial charge in [0.2, 0.25) is 0 Å². The molecule has 2 rings (SSSR count). The van der Waals surface area contributed by atoms with Gasteiger partial charge in [-0.25, -0.2) is 9.78 Å². The highest BCUT2D eigenvalue weighted by molar-refractivity contribution is 7.99. The van der Waals surface area contributed by atoms with Gasteiger partial charge in [-0.05, 0) is 17.9 Å². The van der Waals surface area contributed by atoms with E-state index in [1.807, 2.05) is 6.92 Å². The monoisotopic (exact) mass is 264 g/mol. The van der Waals surface area contributed by atoms with Gasteiger partial charge in [0, 0.05) is 6.20 Å². The van der Waals surface area contributed by atoms with Crippen LogP contribution in [0.1, 0.15) is 17.3 Å². The molecule has 0 aliphatic carbocycles. The molecular weight excluding hydrogens is 252 g/mol. The summed E-state index contributed by atoms with van der Waals surface area (Å²) in [5, 5.41) is 13.8. The number of aromatic carboxylic acids is 1. The summed E-state index contributed by atoms with van der Waals surface area (Å²) >= 11 is 1.34. The van der Waals surface area contributed by atoms with E-state index in [1.54, 1.807) is 24.4 Å². The fourth-order valence-corrected chi connectivity index (χ4v) is 2.25. The van der Waals surface area contributed by atoms with Crippen molar-refractivity contribution in [3.05, 3.63) is 30.0 Å². The Kier molecular flexibility index (Phi) is 3.52. The molecule has 0 aliphatic rings. The van der Waals surface area contributed by atoms with Gasteiger partial charge in [-0.2, -0.15) is 9.78 Å². The smallest absolute Gasteiger partial charge is 0.342 e. The van der Waals surface area contributed by atoms with E-state index in [0.717, 1.165) is 5.75 Å². The highest BCUT2D eigenvalue weighted by atomic mass is 32.2. The van der Waals surface area contributed by atoms with Crippen LogP contribution >= 0.6 is 11.8 Å². The Morgan fingerprint density at radius 2 is 2.33 bits per heavy atom. The molecule has 0 saturated carbocycles. The van der Waals surface area contributed by atoms with E-state index in [9.17, 15) is 4.79 Å². The van der Waals surface area contributed by atoms with Crippen LogP contribution in [0, 0.1) is 0 Å². The molecular formula is C11H12N4O2S. The molecule has 2 heterocycles. The SMILES string of the molecule is CCSc1nn(-c2ccccn2)c(N)c1C(=O)O. The molecule has 0 unspecified atom stereocenters. The fourth-order valence-electron chi connectivity index (χ4n) is 1.50. The summed E-state index contributed by atoms with van der Waals surface area (Å²) in [5.41, 5.74) is 5.87. The fraction of sp³-hybridized carbons (Fsp3) is 0.182. The van der Waals surface area contributed by atoms with Crippen molar-refractivity contribution in [3.63, 3.8) is 0 Å². The summed E-state index contributed by atoms with van der Waals surface area (Å²) in [7, 11) is 0. The average molecular weight is 264 g/mol. The van der Waals surface area contributed by atoms with Gasteiger partial charge in [-0.15, -0.1) is 11.8 Å². The Balaban J connectivity index is 2.57. The number of thioether (sulfide) groups is 1. The zero-order valence-corrected chi connectivity index (χ0v) is 10.5. The molecule has 0 bridgehead atoms. The molecule has 0 amide bonds. The highest BCUT2D eigenvalue weighted by Crippen LogP contribution is 2.27. The lowest BCUT2D eigenvalue weighted by atomic mass is 10.3. The Morgan fingerprint density at radius 1 is 1.56 bits per heavy atom. The number of pyridine rings is 1. The Hall–Kier alpha value is -2.02. The second-order valence-electron chi connectivity index (χ2n) is 3.40. The number of carboxylic acids is 1. The van der Waals surface area contributed by atoms with Crippen LogP contribution in [0.5, 0.6) is 0 Å². The van der Waals surface area contributed by atoms with Gasteiger partial charge in [-0.3, -0.25) is 0 Å². The lowest BCUT2D eigenvalue weighted by Gasteiger charge is -2.01. The number of carbonyl (C=O) groups is 1. The maximum Gasteiger partial charge on any atom is 0.342 e. The number of nitrogens with two attached hydrogens (primary N) is 1. The first-order valence-corrected chi connectivity index (χ1v) is 6.29.